The summed E-state index contributed by atoms with van der Waals surface area (Å²) in [7, 11) is 0. The first-order chi connectivity index (χ1) is 9.91. The molecule has 5 heteroatoms. The van der Waals surface area contributed by atoms with E-state index in [2.05, 4.69) is 5.32 Å². The Kier molecular flexibility index (Phi) is 4.31. The van der Waals surface area contributed by atoms with Crippen LogP contribution in [0.25, 0.3) is 0 Å². The fraction of sp³-hybridized carbons (Fsp3) is 0.188. The molecule has 1 unspecified atom stereocenters. The monoisotopic (exact) mass is 293 g/mol. The SMILES string of the molecule is Cc1cccc(C(=O)NC(C)c2c(F)cccc2F)c1F. The van der Waals surface area contributed by atoms with Gasteiger partial charge in [0.2, 0.25) is 0 Å². The van der Waals surface area contributed by atoms with Gasteiger partial charge in [0.25, 0.3) is 5.91 Å². The summed E-state index contributed by atoms with van der Waals surface area (Å²) in [6.07, 6.45) is 0. The molecule has 0 spiro atoms. The van der Waals surface area contributed by atoms with Crippen LogP contribution in [-0.2, 0) is 0 Å². The third-order valence-corrected chi connectivity index (χ3v) is 3.22. The predicted molar refractivity (Wildman–Crippen MR) is 73.4 cm³/mol. The third kappa shape index (κ3) is 3.07. The summed E-state index contributed by atoms with van der Waals surface area (Å²) < 4.78 is 41.1. The Bertz CT molecular complexity index is 665. The Morgan fingerprint density at radius 1 is 1.05 bits per heavy atom. The number of rotatable bonds is 3. The van der Waals surface area contributed by atoms with Gasteiger partial charge in [-0.3, -0.25) is 4.79 Å². The first-order valence-corrected chi connectivity index (χ1v) is 6.41. The van der Waals surface area contributed by atoms with Gasteiger partial charge in [0.05, 0.1) is 11.6 Å². The quantitative estimate of drug-likeness (QED) is 0.913. The summed E-state index contributed by atoms with van der Waals surface area (Å²) in [5, 5.41) is 2.40. The van der Waals surface area contributed by atoms with Gasteiger partial charge in [-0.25, -0.2) is 13.2 Å². The van der Waals surface area contributed by atoms with E-state index in [1.807, 2.05) is 0 Å². The van der Waals surface area contributed by atoms with Crippen molar-refractivity contribution in [2.75, 3.05) is 0 Å². The Hall–Kier alpha value is -2.30. The Morgan fingerprint density at radius 2 is 1.62 bits per heavy atom. The first kappa shape index (κ1) is 15.1. The average Bonchev–Trinajstić information content (AvgIpc) is 2.41. The molecule has 0 radical (unpaired) electrons. The minimum Gasteiger partial charge on any atom is -0.345 e. The molecule has 110 valence electrons. The van der Waals surface area contributed by atoms with Crippen LogP contribution in [-0.4, -0.2) is 5.91 Å². The van der Waals surface area contributed by atoms with Crippen LogP contribution in [0.15, 0.2) is 36.4 Å². The number of carbonyl (C=O) groups is 1. The molecule has 0 fully saturated rings. The fourth-order valence-electron chi connectivity index (χ4n) is 2.09. The summed E-state index contributed by atoms with van der Waals surface area (Å²) in [5.41, 5.74) is -0.0788. The predicted octanol–water partition coefficient (Wildman–Crippen LogP) is 3.90. The molecule has 0 saturated heterocycles. The summed E-state index contributed by atoms with van der Waals surface area (Å²) in [6.45, 7) is 2.97. The molecule has 0 bridgehead atoms. The standard InChI is InChI=1S/C16H14F3NO/c1-9-5-3-6-11(15(9)19)16(21)20-10(2)14-12(17)7-4-8-13(14)18/h3-8,10H,1-2H3,(H,20,21). The highest BCUT2D eigenvalue weighted by atomic mass is 19.1. The maximum absolute atomic E-state index is 13.9. The van der Waals surface area contributed by atoms with E-state index in [9.17, 15) is 18.0 Å². The highest BCUT2D eigenvalue weighted by Gasteiger charge is 2.20. The van der Waals surface area contributed by atoms with Crippen LogP contribution in [0.2, 0.25) is 0 Å². The van der Waals surface area contributed by atoms with Crippen LogP contribution < -0.4 is 5.32 Å². The van der Waals surface area contributed by atoms with Gasteiger partial charge in [0, 0.05) is 5.56 Å². The van der Waals surface area contributed by atoms with E-state index in [4.69, 9.17) is 0 Å². The molecule has 21 heavy (non-hydrogen) atoms. The highest BCUT2D eigenvalue weighted by Crippen LogP contribution is 2.21. The molecule has 0 aliphatic carbocycles. The van der Waals surface area contributed by atoms with E-state index < -0.39 is 29.4 Å². The van der Waals surface area contributed by atoms with E-state index in [1.165, 1.54) is 32.0 Å². The summed E-state index contributed by atoms with van der Waals surface area (Å²) in [4.78, 5) is 12.0. The second-order valence-corrected chi connectivity index (χ2v) is 4.77. The third-order valence-electron chi connectivity index (χ3n) is 3.22. The largest absolute Gasteiger partial charge is 0.345 e. The van der Waals surface area contributed by atoms with Crippen molar-refractivity contribution in [1.82, 2.24) is 5.32 Å². The van der Waals surface area contributed by atoms with Crippen molar-refractivity contribution in [1.29, 1.82) is 0 Å². The molecule has 2 nitrogen and oxygen atoms in total. The maximum atomic E-state index is 13.9. The number of aryl methyl sites for hydroxylation is 1. The number of hydrogen-bond acceptors (Lipinski definition) is 1. The number of carbonyl (C=O) groups excluding carboxylic acids is 1. The lowest BCUT2D eigenvalue weighted by molar-refractivity contribution is 0.0934. The molecule has 1 N–H and O–H groups in total. The molecule has 0 aliphatic heterocycles. The number of benzene rings is 2. The molecule has 2 aromatic rings. The zero-order chi connectivity index (χ0) is 15.6. The Labute approximate surface area is 120 Å². The minimum atomic E-state index is -0.918. The average molecular weight is 293 g/mol. The summed E-state index contributed by atoms with van der Waals surface area (Å²) in [6, 6.07) is 6.93. The van der Waals surface area contributed by atoms with Crippen LogP contribution in [0, 0.1) is 24.4 Å². The number of nitrogens with one attached hydrogen (secondary N) is 1. The molecule has 2 aromatic carbocycles. The lowest BCUT2D eigenvalue weighted by atomic mass is 10.1. The molecule has 0 saturated carbocycles. The van der Waals surface area contributed by atoms with Crippen LogP contribution in [0.4, 0.5) is 13.2 Å². The molecule has 1 atom stereocenters. The van der Waals surface area contributed by atoms with Gasteiger partial charge >= 0.3 is 0 Å². The van der Waals surface area contributed by atoms with Crippen LogP contribution in [0.1, 0.15) is 34.5 Å². The molecular formula is C16H14F3NO. The summed E-state index contributed by atoms with van der Waals surface area (Å²) in [5.74, 6) is -2.87. The van der Waals surface area contributed by atoms with E-state index in [-0.39, 0.29) is 11.1 Å². The second kappa shape index (κ2) is 5.99. The van der Waals surface area contributed by atoms with Crippen LogP contribution >= 0.6 is 0 Å². The zero-order valence-corrected chi connectivity index (χ0v) is 11.6. The van der Waals surface area contributed by atoms with Gasteiger partial charge in [-0.15, -0.1) is 0 Å². The summed E-state index contributed by atoms with van der Waals surface area (Å²) >= 11 is 0. The Balaban J connectivity index is 2.25. The van der Waals surface area contributed by atoms with Gasteiger partial charge in [0.15, 0.2) is 0 Å². The normalized spacial score (nSPS) is 12.0. The number of amides is 1. The number of hydrogen-bond donors (Lipinski definition) is 1. The van der Waals surface area contributed by atoms with Gasteiger partial charge < -0.3 is 5.32 Å². The van der Waals surface area contributed by atoms with Crippen LogP contribution in [0.5, 0.6) is 0 Å². The molecule has 1 amide bonds. The molecule has 0 aromatic heterocycles. The topological polar surface area (TPSA) is 29.1 Å². The van der Waals surface area contributed by atoms with Crippen molar-refractivity contribution in [3.63, 3.8) is 0 Å². The first-order valence-electron chi connectivity index (χ1n) is 6.41. The van der Waals surface area contributed by atoms with Crippen molar-refractivity contribution in [3.8, 4) is 0 Å². The second-order valence-electron chi connectivity index (χ2n) is 4.77. The van der Waals surface area contributed by atoms with Gasteiger partial charge in [0.1, 0.15) is 17.5 Å². The molecule has 0 aliphatic rings. The van der Waals surface area contributed by atoms with Gasteiger partial charge in [-0.05, 0) is 37.6 Å². The smallest absolute Gasteiger partial charge is 0.254 e. The number of halogens is 3. The van der Waals surface area contributed by atoms with Crippen molar-refractivity contribution >= 4 is 5.91 Å². The van der Waals surface area contributed by atoms with Gasteiger partial charge in [-0.1, -0.05) is 18.2 Å². The van der Waals surface area contributed by atoms with E-state index in [1.54, 1.807) is 6.07 Å². The zero-order valence-electron chi connectivity index (χ0n) is 11.6. The van der Waals surface area contributed by atoms with E-state index >= 15 is 0 Å². The van der Waals surface area contributed by atoms with Gasteiger partial charge in [-0.2, -0.15) is 0 Å². The Morgan fingerprint density at radius 3 is 2.24 bits per heavy atom. The fourth-order valence-corrected chi connectivity index (χ4v) is 2.09. The van der Waals surface area contributed by atoms with Crippen LogP contribution in [0.3, 0.4) is 0 Å². The highest BCUT2D eigenvalue weighted by molar-refractivity contribution is 5.94. The van der Waals surface area contributed by atoms with Crippen molar-refractivity contribution < 1.29 is 18.0 Å². The van der Waals surface area contributed by atoms with Crippen molar-refractivity contribution in [2.24, 2.45) is 0 Å². The van der Waals surface area contributed by atoms with Crippen molar-refractivity contribution in [2.45, 2.75) is 19.9 Å². The molecule has 0 heterocycles. The maximum Gasteiger partial charge on any atom is 0.254 e. The molecular weight excluding hydrogens is 279 g/mol. The lowest BCUT2D eigenvalue weighted by Gasteiger charge is -2.16. The lowest BCUT2D eigenvalue weighted by Crippen LogP contribution is -2.28. The molecule has 2 rings (SSSR count). The van der Waals surface area contributed by atoms with E-state index in [0.717, 1.165) is 12.1 Å². The van der Waals surface area contributed by atoms with Crippen molar-refractivity contribution in [3.05, 3.63) is 70.5 Å². The van der Waals surface area contributed by atoms with E-state index in [0.29, 0.717) is 5.56 Å². The minimum absolute atomic E-state index is 0.154.